The number of hydrogen-bond donors (Lipinski definition) is 1. The Labute approximate surface area is 208 Å². The fourth-order valence-electron chi connectivity index (χ4n) is 3.98. The number of aromatic nitrogens is 4. The van der Waals surface area contributed by atoms with Crippen LogP contribution in [0.1, 0.15) is 27.4 Å². The maximum atomic E-state index is 12.7. The summed E-state index contributed by atoms with van der Waals surface area (Å²) in [6.45, 7) is 4.19. The highest BCUT2D eigenvalue weighted by Crippen LogP contribution is 2.33. The van der Waals surface area contributed by atoms with Crippen molar-refractivity contribution < 1.29 is 13.9 Å². The van der Waals surface area contributed by atoms with Crippen molar-refractivity contribution in [3.05, 3.63) is 101 Å². The van der Waals surface area contributed by atoms with Gasteiger partial charge in [0.15, 0.2) is 0 Å². The summed E-state index contributed by atoms with van der Waals surface area (Å²) in [6.07, 6.45) is 0. The van der Waals surface area contributed by atoms with Gasteiger partial charge < -0.3 is 14.5 Å². The lowest BCUT2D eigenvalue weighted by Crippen LogP contribution is -2.22. The molecule has 2 aromatic heterocycles. The molecule has 180 valence electrons. The zero-order valence-corrected chi connectivity index (χ0v) is 20.2. The van der Waals surface area contributed by atoms with Gasteiger partial charge in [0.2, 0.25) is 5.89 Å². The van der Waals surface area contributed by atoms with Crippen LogP contribution < -0.4 is 10.1 Å². The van der Waals surface area contributed by atoms with Crippen LogP contribution >= 0.6 is 0 Å². The summed E-state index contributed by atoms with van der Waals surface area (Å²) in [5.41, 5.74) is 5.68. The number of rotatable bonds is 7. The molecule has 0 saturated carbocycles. The van der Waals surface area contributed by atoms with Crippen LogP contribution in [0.15, 0.2) is 83.3 Å². The van der Waals surface area contributed by atoms with Crippen LogP contribution in [0.4, 0.5) is 0 Å². The molecule has 36 heavy (non-hydrogen) atoms. The zero-order chi connectivity index (χ0) is 25.1. The molecule has 0 radical (unpaired) electrons. The summed E-state index contributed by atoms with van der Waals surface area (Å²) >= 11 is 0. The maximum absolute atomic E-state index is 12.7. The molecule has 3 aromatic carbocycles. The van der Waals surface area contributed by atoms with Crippen molar-refractivity contribution in [1.29, 1.82) is 0 Å². The van der Waals surface area contributed by atoms with Gasteiger partial charge in [0.25, 0.3) is 11.8 Å². The summed E-state index contributed by atoms with van der Waals surface area (Å²) in [5.74, 6) is 1.47. The van der Waals surface area contributed by atoms with Gasteiger partial charge in [0.05, 0.1) is 18.5 Å². The first-order valence-corrected chi connectivity index (χ1v) is 11.5. The highest BCUT2D eigenvalue weighted by atomic mass is 16.5. The number of hydrogen-bond acceptors (Lipinski definition) is 6. The third-order valence-corrected chi connectivity index (χ3v) is 5.88. The second-order valence-electron chi connectivity index (χ2n) is 8.30. The Hall–Kier alpha value is -4.72. The molecule has 0 atom stereocenters. The van der Waals surface area contributed by atoms with Crippen LogP contribution in [-0.4, -0.2) is 33.0 Å². The first-order chi connectivity index (χ1) is 17.5. The van der Waals surface area contributed by atoms with Gasteiger partial charge in [-0.15, -0.1) is 10.2 Å². The monoisotopic (exact) mass is 479 g/mol. The Kier molecular flexibility index (Phi) is 6.32. The predicted molar refractivity (Wildman–Crippen MR) is 136 cm³/mol. The third kappa shape index (κ3) is 4.61. The van der Waals surface area contributed by atoms with Gasteiger partial charge in [0, 0.05) is 30.2 Å². The topological polar surface area (TPSA) is 95.1 Å². The van der Waals surface area contributed by atoms with E-state index in [1.165, 1.54) is 0 Å². The number of carbonyl (C=O) groups is 1. The van der Waals surface area contributed by atoms with Crippen LogP contribution in [0.2, 0.25) is 0 Å². The van der Waals surface area contributed by atoms with Gasteiger partial charge in [-0.1, -0.05) is 30.3 Å². The van der Waals surface area contributed by atoms with Crippen LogP contribution in [0, 0.1) is 13.8 Å². The molecular weight excluding hydrogens is 454 g/mol. The molecule has 0 saturated heterocycles. The van der Waals surface area contributed by atoms with Gasteiger partial charge in [-0.2, -0.15) is 5.10 Å². The van der Waals surface area contributed by atoms with E-state index in [2.05, 4.69) is 15.5 Å². The molecule has 0 bridgehead atoms. The molecule has 5 aromatic rings. The van der Waals surface area contributed by atoms with Crippen LogP contribution in [0.3, 0.4) is 0 Å². The second kappa shape index (κ2) is 9.87. The number of benzene rings is 3. The number of carbonyl (C=O) groups excluding carboxylic acids is 1. The van der Waals surface area contributed by atoms with E-state index in [9.17, 15) is 4.79 Å². The van der Waals surface area contributed by atoms with Crippen molar-refractivity contribution >= 4 is 5.91 Å². The quantitative estimate of drug-likeness (QED) is 0.347. The minimum atomic E-state index is -0.145. The van der Waals surface area contributed by atoms with E-state index in [1.54, 1.807) is 30.8 Å². The molecular formula is C28H25N5O3. The van der Waals surface area contributed by atoms with Crippen LogP contribution in [0.25, 0.3) is 28.5 Å². The summed E-state index contributed by atoms with van der Waals surface area (Å²) in [7, 11) is 1.64. The minimum Gasteiger partial charge on any atom is -0.497 e. The average Bonchev–Trinajstić information content (AvgIpc) is 3.50. The Balaban J connectivity index is 1.48. The number of ether oxygens (including phenoxy) is 1. The fraction of sp³-hybridized carbons (Fsp3) is 0.143. The van der Waals surface area contributed by atoms with E-state index in [0.717, 1.165) is 33.8 Å². The van der Waals surface area contributed by atoms with Crippen LogP contribution in [0.5, 0.6) is 5.75 Å². The lowest BCUT2D eigenvalue weighted by molar-refractivity contribution is 0.0951. The average molecular weight is 480 g/mol. The number of nitrogens with zero attached hydrogens (tertiary/aromatic N) is 4. The van der Waals surface area contributed by atoms with E-state index in [0.29, 0.717) is 29.6 Å². The fourth-order valence-corrected chi connectivity index (χ4v) is 3.98. The van der Waals surface area contributed by atoms with E-state index < -0.39 is 0 Å². The highest BCUT2D eigenvalue weighted by molar-refractivity contribution is 5.94. The molecule has 0 aliphatic rings. The Morgan fingerprint density at radius 2 is 1.67 bits per heavy atom. The second-order valence-corrected chi connectivity index (χ2v) is 8.30. The minimum absolute atomic E-state index is 0.145. The van der Waals surface area contributed by atoms with Gasteiger partial charge in [0.1, 0.15) is 11.4 Å². The molecule has 0 unspecified atom stereocenters. The molecule has 8 nitrogen and oxygen atoms in total. The number of methoxy groups -OCH3 is 1. The smallest absolute Gasteiger partial charge is 0.266 e. The van der Waals surface area contributed by atoms with E-state index >= 15 is 0 Å². The van der Waals surface area contributed by atoms with Crippen molar-refractivity contribution in [2.75, 3.05) is 7.11 Å². The maximum Gasteiger partial charge on any atom is 0.266 e. The summed E-state index contributed by atoms with van der Waals surface area (Å²) in [4.78, 5) is 12.7. The van der Waals surface area contributed by atoms with Crippen molar-refractivity contribution in [3.63, 3.8) is 0 Å². The van der Waals surface area contributed by atoms with Gasteiger partial charge >= 0.3 is 0 Å². The Morgan fingerprint density at radius 1 is 0.944 bits per heavy atom. The Morgan fingerprint density at radius 3 is 2.31 bits per heavy atom. The summed E-state index contributed by atoms with van der Waals surface area (Å²) in [6, 6.07) is 24.8. The number of amides is 1. The van der Waals surface area contributed by atoms with Crippen LogP contribution in [-0.2, 0) is 6.54 Å². The molecule has 5 rings (SSSR count). The molecule has 8 heteroatoms. The van der Waals surface area contributed by atoms with Gasteiger partial charge in [-0.05, 0) is 61.0 Å². The largest absolute Gasteiger partial charge is 0.497 e. The highest BCUT2D eigenvalue weighted by Gasteiger charge is 2.23. The van der Waals surface area contributed by atoms with Crippen molar-refractivity contribution in [2.24, 2.45) is 0 Å². The van der Waals surface area contributed by atoms with E-state index in [4.69, 9.17) is 14.3 Å². The van der Waals surface area contributed by atoms with E-state index in [1.807, 2.05) is 73.7 Å². The van der Waals surface area contributed by atoms with Crippen molar-refractivity contribution in [3.8, 4) is 34.3 Å². The SMILES string of the molecule is COc1ccc(-c2nn(-c3ccc(C(=O)NCc4ccccc4)cc3)c(-c3nnc(C)o3)c2C)cc1. The molecule has 1 N–H and O–H groups in total. The standard InChI is InChI=1S/C28H25N5O3/c1-18-25(21-11-15-24(35-3)16-12-21)32-33(26(18)28-31-30-19(2)36-28)23-13-9-22(10-14-23)27(34)29-17-20-7-5-4-6-8-20/h4-16H,17H2,1-3H3,(H,29,34). The first-order valence-electron chi connectivity index (χ1n) is 11.5. The molecule has 0 spiro atoms. The molecule has 0 aliphatic carbocycles. The molecule has 0 fully saturated rings. The molecule has 2 heterocycles. The zero-order valence-electron chi connectivity index (χ0n) is 20.2. The third-order valence-electron chi connectivity index (χ3n) is 5.88. The number of aryl methyl sites for hydroxylation is 1. The predicted octanol–water partition coefficient (Wildman–Crippen LogP) is 5.14. The van der Waals surface area contributed by atoms with E-state index in [-0.39, 0.29) is 5.91 Å². The molecule has 0 aliphatic heterocycles. The lowest BCUT2D eigenvalue weighted by Gasteiger charge is -2.08. The Bertz CT molecular complexity index is 1490. The summed E-state index contributed by atoms with van der Waals surface area (Å²) in [5, 5.41) is 16.1. The van der Waals surface area contributed by atoms with Crippen molar-refractivity contribution in [1.82, 2.24) is 25.3 Å². The normalized spacial score (nSPS) is 10.9. The summed E-state index contributed by atoms with van der Waals surface area (Å²) < 4.78 is 12.8. The van der Waals surface area contributed by atoms with Gasteiger partial charge in [-0.3, -0.25) is 4.79 Å². The first kappa shape index (κ1) is 23.0. The van der Waals surface area contributed by atoms with Crippen molar-refractivity contribution in [2.45, 2.75) is 20.4 Å². The van der Waals surface area contributed by atoms with Gasteiger partial charge in [-0.25, -0.2) is 4.68 Å². The number of nitrogens with one attached hydrogen (secondary N) is 1. The lowest BCUT2D eigenvalue weighted by atomic mass is 10.1. The molecule has 1 amide bonds.